The number of para-hydroxylation sites is 1. The van der Waals surface area contributed by atoms with E-state index >= 15 is 0 Å². The summed E-state index contributed by atoms with van der Waals surface area (Å²) in [6.07, 6.45) is 12.5. The normalized spacial score (nSPS) is 25.4. The topological polar surface area (TPSA) is 6.48 Å². The van der Waals surface area contributed by atoms with E-state index < -0.39 is 0 Å². The first-order valence-corrected chi connectivity index (χ1v) is 10.1. The average molecular weight is 359 g/mol. The zero-order valence-electron chi connectivity index (χ0n) is 15.3. The smallest absolute Gasteiger partial charge is 0.0443 e. The Labute approximate surface area is 158 Å². The molecule has 0 unspecified atom stereocenters. The van der Waals surface area contributed by atoms with Crippen molar-refractivity contribution < 1.29 is 0 Å². The molecule has 2 saturated carbocycles. The number of hydrogen-bond donors (Lipinski definition) is 0. The molecule has 25 heavy (non-hydrogen) atoms. The van der Waals surface area contributed by atoms with Crippen molar-refractivity contribution in [2.75, 3.05) is 37.6 Å². The average Bonchev–Trinajstić information content (AvgIpc) is 3.56. The van der Waals surface area contributed by atoms with Crippen LogP contribution in [0.5, 0.6) is 0 Å². The molecule has 0 aromatic heterocycles. The summed E-state index contributed by atoms with van der Waals surface area (Å²) in [5.74, 6) is 1.02. The van der Waals surface area contributed by atoms with Crippen LogP contribution >= 0.6 is 12.4 Å². The first kappa shape index (κ1) is 17.4. The summed E-state index contributed by atoms with van der Waals surface area (Å²) in [6.45, 7) is 6.23. The third-order valence-electron chi connectivity index (χ3n) is 6.84. The van der Waals surface area contributed by atoms with Crippen LogP contribution in [0.1, 0.15) is 50.5 Å². The van der Waals surface area contributed by atoms with Gasteiger partial charge in [-0.15, -0.1) is 12.4 Å². The minimum Gasteiger partial charge on any atom is -0.368 e. The van der Waals surface area contributed by atoms with E-state index in [1.165, 1.54) is 88.9 Å². The highest BCUT2D eigenvalue weighted by Gasteiger charge is 2.42. The molecule has 3 aliphatic carbocycles. The monoisotopic (exact) mass is 358 g/mol. The fourth-order valence-electron chi connectivity index (χ4n) is 4.68. The third kappa shape index (κ3) is 3.75. The highest BCUT2D eigenvalue weighted by Crippen LogP contribution is 2.56. The van der Waals surface area contributed by atoms with Crippen LogP contribution in [0.25, 0.3) is 5.57 Å². The molecule has 136 valence electrons. The molecule has 4 aliphatic rings. The summed E-state index contributed by atoms with van der Waals surface area (Å²) in [7, 11) is 0. The Bertz CT molecular complexity index is 637. The quantitative estimate of drug-likeness (QED) is 0.748. The molecule has 3 fully saturated rings. The molecule has 2 nitrogen and oxygen atoms in total. The summed E-state index contributed by atoms with van der Waals surface area (Å²) < 4.78 is 0. The number of benzene rings is 1. The molecule has 3 heteroatoms. The van der Waals surface area contributed by atoms with Gasteiger partial charge in [0.05, 0.1) is 0 Å². The molecule has 0 amide bonds. The second kappa shape index (κ2) is 6.96. The van der Waals surface area contributed by atoms with Crippen LogP contribution in [0.2, 0.25) is 0 Å². The van der Waals surface area contributed by atoms with Crippen molar-refractivity contribution in [2.24, 2.45) is 11.3 Å². The van der Waals surface area contributed by atoms with Crippen LogP contribution < -0.4 is 4.90 Å². The van der Waals surface area contributed by atoms with E-state index in [9.17, 15) is 0 Å². The number of piperazine rings is 1. The van der Waals surface area contributed by atoms with Crippen LogP contribution in [-0.4, -0.2) is 37.6 Å². The molecule has 5 rings (SSSR count). The predicted molar refractivity (Wildman–Crippen MR) is 109 cm³/mol. The second-order valence-corrected chi connectivity index (χ2v) is 8.68. The highest BCUT2D eigenvalue weighted by atomic mass is 35.5. The van der Waals surface area contributed by atoms with Gasteiger partial charge in [-0.2, -0.15) is 0 Å². The van der Waals surface area contributed by atoms with E-state index in [1.807, 2.05) is 0 Å². The van der Waals surface area contributed by atoms with E-state index in [4.69, 9.17) is 0 Å². The first-order valence-electron chi connectivity index (χ1n) is 10.1. The molecule has 1 spiro atoms. The second-order valence-electron chi connectivity index (χ2n) is 8.68. The Morgan fingerprint density at radius 1 is 0.960 bits per heavy atom. The Balaban J connectivity index is 0.00000157. The van der Waals surface area contributed by atoms with Crippen LogP contribution in [0.4, 0.5) is 5.69 Å². The summed E-state index contributed by atoms with van der Waals surface area (Å²) in [5, 5.41) is 0. The number of allylic oxidation sites excluding steroid dienone is 2. The van der Waals surface area contributed by atoms with Gasteiger partial charge in [0.1, 0.15) is 0 Å². The number of nitrogens with zero attached hydrogens (tertiary/aromatic N) is 2. The van der Waals surface area contributed by atoms with E-state index in [1.54, 1.807) is 5.57 Å². The van der Waals surface area contributed by atoms with Gasteiger partial charge in [-0.25, -0.2) is 0 Å². The molecule has 0 N–H and O–H groups in total. The first-order chi connectivity index (χ1) is 11.8. The summed E-state index contributed by atoms with van der Waals surface area (Å²) in [6, 6.07) is 9.17. The van der Waals surface area contributed by atoms with E-state index in [2.05, 4.69) is 40.1 Å². The molecule has 1 heterocycles. The highest BCUT2D eigenvalue weighted by molar-refractivity contribution is 5.85. The van der Waals surface area contributed by atoms with E-state index in [-0.39, 0.29) is 12.4 Å². The van der Waals surface area contributed by atoms with Crippen LogP contribution in [0, 0.1) is 11.3 Å². The lowest BCUT2D eigenvalue weighted by molar-refractivity contribution is 0.248. The molecular formula is C22H31ClN2. The van der Waals surface area contributed by atoms with Crippen LogP contribution in [0.3, 0.4) is 0 Å². The molecule has 1 aliphatic heterocycles. The van der Waals surface area contributed by atoms with Crippen molar-refractivity contribution in [3.8, 4) is 0 Å². The number of hydrogen-bond acceptors (Lipinski definition) is 2. The van der Waals surface area contributed by atoms with Crippen molar-refractivity contribution in [1.29, 1.82) is 0 Å². The van der Waals surface area contributed by atoms with Crippen molar-refractivity contribution in [1.82, 2.24) is 4.90 Å². The summed E-state index contributed by atoms with van der Waals surface area (Å²) in [4.78, 5) is 5.33. The van der Waals surface area contributed by atoms with Gasteiger partial charge in [-0.3, -0.25) is 4.90 Å². The van der Waals surface area contributed by atoms with Crippen molar-refractivity contribution >= 4 is 23.7 Å². The molecular weight excluding hydrogens is 328 g/mol. The zero-order valence-corrected chi connectivity index (χ0v) is 16.1. The Kier molecular flexibility index (Phi) is 4.85. The predicted octanol–water partition coefficient (Wildman–Crippen LogP) is 4.99. The largest absolute Gasteiger partial charge is 0.368 e. The molecule has 1 aromatic rings. The number of rotatable bonds is 4. The van der Waals surface area contributed by atoms with Gasteiger partial charge in [0.15, 0.2) is 0 Å². The molecule has 1 saturated heterocycles. The lowest BCUT2D eigenvalue weighted by Crippen LogP contribution is -2.47. The Morgan fingerprint density at radius 2 is 1.72 bits per heavy atom. The Hall–Kier alpha value is -0.990. The maximum Gasteiger partial charge on any atom is 0.0443 e. The van der Waals surface area contributed by atoms with E-state index in [0.717, 1.165) is 11.3 Å². The van der Waals surface area contributed by atoms with Gasteiger partial charge in [0.25, 0.3) is 0 Å². The maximum absolute atomic E-state index is 2.69. The van der Waals surface area contributed by atoms with Gasteiger partial charge in [-0.05, 0) is 67.9 Å². The lowest BCUT2D eigenvalue weighted by atomic mass is 9.84. The zero-order chi connectivity index (χ0) is 16.0. The van der Waals surface area contributed by atoms with Crippen LogP contribution in [-0.2, 0) is 0 Å². The molecule has 1 aromatic carbocycles. The van der Waals surface area contributed by atoms with Crippen molar-refractivity contribution in [3.63, 3.8) is 0 Å². The molecule has 0 atom stereocenters. The minimum absolute atomic E-state index is 0. The number of halogens is 1. The van der Waals surface area contributed by atoms with Gasteiger partial charge in [0.2, 0.25) is 0 Å². The maximum atomic E-state index is 2.69. The molecule has 0 radical (unpaired) electrons. The fraction of sp³-hybridized carbons (Fsp3) is 0.636. The van der Waals surface area contributed by atoms with Gasteiger partial charge in [0, 0.05) is 44.0 Å². The van der Waals surface area contributed by atoms with Gasteiger partial charge in [-0.1, -0.05) is 24.3 Å². The third-order valence-corrected chi connectivity index (χ3v) is 6.84. The minimum atomic E-state index is 0. The fourth-order valence-corrected chi connectivity index (χ4v) is 4.68. The summed E-state index contributed by atoms with van der Waals surface area (Å²) in [5.41, 5.74) is 5.35. The van der Waals surface area contributed by atoms with Gasteiger partial charge < -0.3 is 4.90 Å². The standard InChI is InChI=1S/C22H30N2.ClH/c1-2-4-21(24-15-13-23(14-16-24)17-18-5-6-18)20(3-1)19-7-9-22(10-8-19)11-12-22;/h1-4,7,18H,5-6,8-17H2;1H. The Morgan fingerprint density at radius 3 is 2.36 bits per heavy atom. The molecule has 0 bridgehead atoms. The SMILES string of the molecule is C1=C(c2ccccc2N2CCN(CC3CC3)CC2)CCC2(C1)CC2.Cl. The van der Waals surface area contributed by atoms with E-state index in [0.29, 0.717) is 0 Å². The van der Waals surface area contributed by atoms with Crippen LogP contribution in [0.15, 0.2) is 30.3 Å². The number of anilines is 1. The van der Waals surface area contributed by atoms with Crippen molar-refractivity contribution in [3.05, 3.63) is 35.9 Å². The van der Waals surface area contributed by atoms with Crippen molar-refractivity contribution in [2.45, 2.75) is 44.9 Å². The van der Waals surface area contributed by atoms with Gasteiger partial charge >= 0.3 is 0 Å². The lowest BCUT2D eigenvalue weighted by Gasteiger charge is -2.37. The summed E-state index contributed by atoms with van der Waals surface area (Å²) >= 11 is 0.